The van der Waals surface area contributed by atoms with E-state index in [9.17, 15) is 14.0 Å². The molecular formula is C16H20FNO3. The number of rotatable bonds is 5. The summed E-state index contributed by atoms with van der Waals surface area (Å²) in [5.41, 5.74) is 0.234. The van der Waals surface area contributed by atoms with Crippen molar-refractivity contribution in [1.82, 2.24) is 5.32 Å². The second kappa shape index (κ2) is 7.57. The van der Waals surface area contributed by atoms with E-state index in [1.807, 2.05) is 0 Å². The molecule has 0 aliphatic carbocycles. The highest BCUT2D eigenvalue weighted by atomic mass is 19.1. The zero-order chi connectivity index (χ0) is 15.9. The van der Waals surface area contributed by atoms with E-state index in [1.165, 1.54) is 18.2 Å². The molecule has 1 aromatic rings. The number of amides is 1. The van der Waals surface area contributed by atoms with Gasteiger partial charge < -0.3 is 10.1 Å². The standard InChI is InChI=1S/C16H20FNO3/c1-16(2,3)21-15(20)18-9-5-4-6-13-10-12(11-19)7-8-14(13)17/h4,6-8,10-11H,5,9H2,1-3H3,(H,18,20). The maximum absolute atomic E-state index is 13.5. The number of nitrogens with one attached hydrogen (secondary N) is 1. The topological polar surface area (TPSA) is 55.4 Å². The Morgan fingerprint density at radius 3 is 2.71 bits per heavy atom. The van der Waals surface area contributed by atoms with Gasteiger partial charge in [0, 0.05) is 17.7 Å². The summed E-state index contributed by atoms with van der Waals surface area (Å²) in [7, 11) is 0. The van der Waals surface area contributed by atoms with E-state index in [2.05, 4.69) is 5.32 Å². The Balaban J connectivity index is 2.42. The summed E-state index contributed by atoms with van der Waals surface area (Å²) >= 11 is 0. The van der Waals surface area contributed by atoms with E-state index in [4.69, 9.17) is 4.74 Å². The molecule has 1 N–H and O–H groups in total. The summed E-state index contributed by atoms with van der Waals surface area (Å²) in [6.45, 7) is 5.75. The maximum Gasteiger partial charge on any atom is 0.407 e. The fraction of sp³-hybridized carbons (Fsp3) is 0.375. The zero-order valence-corrected chi connectivity index (χ0v) is 12.5. The third-order valence-electron chi connectivity index (χ3n) is 2.43. The van der Waals surface area contributed by atoms with Crippen LogP contribution < -0.4 is 5.32 Å². The minimum Gasteiger partial charge on any atom is -0.444 e. The van der Waals surface area contributed by atoms with Crippen LogP contribution in [0.25, 0.3) is 6.08 Å². The van der Waals surface area contributed by atoms with Crippen LogP contribution in [-0.2, 0) is 4.74 Å². The quantitative estimate of drug-likeness (QED) is 0.667. The molecule has 0 aliphatic rings. The van der Waals surface area contributed by atoms with Crippen molar-refractivity contribution in [3.8, 4) is 0 Å². The minimum absolute atomic E-state index is 0.344. The molecule has 1 aromatic carbocycles. The molecule has 0 aliphatic heterocycles. The van der Waals surface area contributed by atoms with Crippen molar-refractivity contribution in [3.05, 3.63) is 41.2 Å². The molecule has 0 spiro atoms. The molecule has 0 heterocycles. The molecule has 0 fully saturated rings. The molecule has 1 amide bonds. The first-order valence-corrected chi connectivity index (χ1v) is 6.70. The van der Waals surface area contributed by atoms with Gasteiger partial charge in [-0.05, 0) is 45.4 Å². The Morgan fingerprint density at radius 2 is 2.10 bits per heavy atom. The van der Waals surface area contributed by atoms with Crippen molar-refractivity contribution in [2.24, 2.45) is 0 Å². The van der Waals surface area contributed by atoms with Gasteiger partial charge in [0.15, 0.2) is 0 Å². The van der Waals surface area contributed by atoms with Crippen molar-refractivity contribution in [2.45, 2.75) is 32.8 Å². The number of alkyl carbamates (subject to hydrolysis) is 1. The van der Waals surface area contributed by atoms with Crippen molar-refractivity contribution in [1.29, 1.82) is 0 Å². The fourth-order valence-corrected chi connectivity index (χ4v) is 1.55. The lowest BCUT2D eigenvalue weighted by Crippen LogP contribution is -2.32. The molecule has 0 radical (unpaired) electrons. The first-order chi connectivity index (χ1) is 9.81. The van der Waals surface area contributed by atoms with Gasteiger partial charge in [-0.3, -0.25) is 4.79 Å². The molecular weight excluding hydrogens is 273 g/mol. The zero-order valence-electron chi connectivity index (χ0n) is 12.5. The van der Waals surface area contributed by atoms with Crippen LogP contribution in [-0.4, -0.2) is 24.5 Å². The highest BCUT2D eigenvalue weighted by molar-refractivity contribution is 5.76. The molecule has 0 saturated carbocycles. The van der Waals surface area contributed by atoms with E-state index in [-0.39, 0.29) is 0 Å². The Labute approximate surface area is 124 Å². The number of carbonyl (C=O) groups excluding carboxylic acids is 2. The molecule has 114 valence electrons. The molecule has 4 nitrogen and oxygen atoms in total. The van der Waals surface area contributed by atoms with Crippen LogP contribution in [0.2, 0.25) is 0 Å². The number of halogens is 1. The largest absolute Gasteiger partial charge is 0.444 e. The lowest BCUT2D eigenvalue weighted by molar-refractivity contribution is 0.0528. The normalized spacial score (nSPS) is 11.4. The van der Waals surface area contributed by atoms with Crippen molar-refractivity contribution in [2.75, 3.05) is 6.54 Å². The minimum atomic E-state index is -0.529. The number of ether oxygens (including phenoxy) is 1. The predicted octanol–water partition coefficient (Wildman–Crippen LogP) is 3.57. The number of benzene rings is 1. The van der Waals surface area contributed by atoms with Crippen LogP contribution in [0.15, 0.2) is 24.3 Å². The molecule has 0 bridgehead atoms. The van der Waals surface area contributed by atoms with Gasteiger partial charge in [0.05, 0.1) is 0 Å². The Hall–Kier alpha value is -2.17. The van der Waals surface area contributed by atoms with E-state index in [1.54, 1.807) is 32.9 Å². The van der Waals surface area contributed by atoms with Crippen LogP contribution in [0.5, 0.6) is 0 Å². The first kappa shape index (κ1) is 16.9. The number of hydrogen-bond donors (Lipinski definition) is 1. The van der Waals surface area contributed by atoms with Crippen LogP contribution in [0, 0.1) is 5.82 Å². The van der Waals surface area contributed by atoms with Crippen LogP contribution in [0.1, 0.15) is 43.1 Å². The SMILES string of the molecule is CC(C)(C)OC(=O)NCCC=Cc1cc(C=O)ccc1F. The molecule has 0 aromatic heterocycles. The molecule has 0 atom stereocenters. The average molecular weight is 293 g/mol. The third kappa shape index (κ3) is 6.70. The van der Waals surface area contributed by atoms with Gasteiger partial charge in [-0.25, -0.2) is 9.18 Å². The summed E-state index contributed by atoms with van der Waals surface area (Å²) in [5.74, 6) is -0.392. The number of hydrogen-bond acceptors (Lipinski definition) is 3. The van der Waals surface area contributed by atoms with Crippen LogP contribution in [0.4, 0.5) is 9.18 Å². The molecule has 5 heteroatoms. The Morgan fingerprint density at radius 1 is 1.38 bits per heavy atom. The van der Waals surface area contributed by atoms with Gasteiger partial charge in [-0.15, -0.1) is 0 Å². The second-order valence-corrected chi connectivity index (χ2v) is 5.52. The summed E-state index contributed by atoms with van der Waals surface area (Å²) < 4.78 is 18.6. The van der Waals surface area contributed by atoms with Crippen molar-refractivity contribution < 1.29 is 18.7 Å². The highest BCUT2D eigenvalue weighted by Crippen LogP contribution is 2.11. The van der Waals surface area contributed by atoms with Crippen molar-refractivity contribution in [3.63, 3.8) is 0 Å². The second-order valence-electron chi connectivity index (χ2n) is 5.52. The first-order valence-electron chi connectivity index (χ1n) is 6.70. The van der Waals surface area contributed by atoms with Gasteiger partial charge in [-0.1, -0.05) is 12.2 Å². The Bertz CT molecular complexity index is 533. The molecule has 21 heavy (non-hydrogen) atoms. The predicted molar refractivity (Wildman–Crippen MR) is 79.7 cm³/mol. The lowest BCUT2D eigenvalue weighted by atomic mass is 10.1. The lowest BCUT2D eigenvalue weighted by Gasteiger charge is -2.19. The number of carbonyl (C=O) groups is 2. The van der Waals surface area contributed by atoms with E-state index < -0.39 is 17.5 Å². The van der Waals surface area contributed by atoms with Gasteiger partial charge in [0.2, 0.25) is 0 Å². The van der Waals surface area contributed by atoms with Gasteiger partial charge >= 0.3 is 6.09 Å². The summed E-state index contributed by atoms with van der Waals surface area (Å²) in [4.78, 5) is 22.0. The van der Waals surface area contributed by atoms with E-state index in [0.29, 0.717) is 30.4 Å². The molecule has 0 saturated heterocycles. The fourth-order valence-electron chi connectivity index (χ4n) is 1.55. The van der Waals surface area contributed by atoms with E-state index in [0.717, 1.165) is 0 Å². The van der Waals surface area contributed by atoms with Crippen LogP contribution >= 0.6 is 0 Å². The maximum atomic E-state index is 13.5. The number of aldehydes is 1. The van der Waals surface area contributed by atoms with Gasteiger partial charge in [-0.2, -0.15) is 0 Å². The van der Waals surface area contributed by atoms with Crippen molar-refractivity contribution >= 4 is 18.5 Å². The van der Waals surface area contributed by atoms with E-state index >= 15 is 0 Å². The van der Waals surface area contributed by atoms with Crippen LogP contribution in [0.3, 0.4) is 0 Å². The summed E-state index contributed by atoms with van der Waals surface area (Å²) in [6, 6.07) is 4.15. The monoisotopic (exact) mass is 293 g/mol. The molecule has 1 rings (SSSR count). The van der Waals surface area contributed by atoms with Gasteiger partial charge in [0.1, 0.15) is 17.7 Å². The van der Waals surface area contributed by atoms with Gasteiger partial charge in [0.25, 0.3) is 0 Å². The molecule has 0 unspecified atom stereocenters. The summed E-state index contributed by atoms with van der Waals surface area (Å²) in [5, 5.41) is 2.60. The Kier molecular flexibility index (Phi) is 6.09. The highest BCUT2D eigenvalue weighted by Gasteiger charge is 2.15. The average Bonchev–Trinajstić information content (AvgIpc) is 2.38. The smallest absolute Gasteiger partial charge is 0.407 e. The third-order valence-corrected chi connectivity index (χ3v) is 2.43. The summed E-state index contributed by atoms with van der Waals surface area (Å²) in [6.07, 6.45) is 4.03.